The average molecular weight is 632 g/mol. The Hall–Kier alpha value is -0.510. The molecular weight excluding hydrogens is 575 g/mol. The summed E-state index contributed by atoms with van der Waals surface area (Å²) in [5.41, 5.74) is 2.34. The second-order valence-electron chi connectivity index (χ2n) is 15.3. The van der Waals surface area contributed by atoms with Crippen molar-refractivity contribution >= 4 is 45.2 Å². The smallest absolute Gasteiger partial charge is 0.306 e. The summed E-state index contributed by atoms with van der Waals surface area (Å²) < 4.78 is 6.13. The number of ether oxygens (including phenoxy) is 1. The molecule has 0 aromatic heterocycles. The number of allylic oxidation sites excluding steroid dienone is 1. The molecule has 0 amide bonds. The number of hydrogen-bond acceptors (Lipinski definition) is 6. The lowest BCUT2D eigenvalue weighted by Crippen LogP contribution is -2.51. The molecule has 0 saturated heterocycles. The molecule has 3 nitrogen and oxygen atoms in total. The first-order chi connectivity index (χ1) is 19.8. The molecule has 0 aromatic rings. The van der Waals surface area contributed by atoms with Crippen LogP contribution in [0.3, 0.4) is 0 Å². The zero-order chi connectivity index (χ0) is 30.7. The fourth-order valence-corrected chi connectivity index (χ4v) is 12.7. The van der Waals surface area contributed by atoms with E-state index in [0.29, 0.717) is 11.8 Å². The molecule has 9 atom stereocenters. The lowest BCUT2D eigenvalue weighted by atomic mass is 9.47. The summed E-state index contributed by atoms with van der Waals surface area (Å²) >= 11 is 8.40. The molecule has 236 valence electrons. The highest BCUT2D eigenvalue weighted by molar-refractivity contribution is 8.47. The normalized spacial score (nSPS) is 36.1. The van der Waals surface area contributed by atoms with Crippen LogP contribution >= 0.6 is 35.7 Å². The first kappa shape index (κ1) is 34.4. The summed E-state index contributed by atoms with van der Waals surface area (Å²) in [5, 5.41) is 9.76. The van der Waals surface area contributed by atoms with Gasteiger partial charge in [-0.3, -0.25) is 4.79 Å². The summed E-state index contributed by atoms with van der Waals surface area (Å²) in [5.74, 6) is 5.76. The second kappa shape index (κ2) is 14.3. The van der Waals surface area contributed by atoms with Crippen molar-refractivity contribution in [3.63, 3.8) is 0 Å². The number of thioether (sulfide) groups is 2. The predicted molar refractivity (Wildman–Crippen MR) is 184 cm³/mol. The van der Waals surface area contributed by atoms with Gasteiger partial charge >= 0.3 is 5.97 Å². The van der Waals surface area contributed by atoms with Crippen molar-refractivity contribution in [1.82, 2.24) is 0 Å². The molecule has 42 heavy (non-hydrogen) atoms. The van der Waals surface area contributed by atoms with Gasteiger partial charge in [-0.15, -0.1) is 11.8 Å². The van der Waals surface area contributed by atoms with Crippen LogP contribution in [0.4, 0.5) is 0 Å². The van der Waals surface area contributed by atoms with Crippen molar-refractivity contribution in [3.05, 3.63) is 11.6 Å². The zero-order valence-electron chi connectivity index (χ0n) is 27.5. The summed E-state index contributed by atoms with van der Waals surface area (Å²) in [4.78, 5) is 12.9. The lowest BCUT2D eigenvalue weighted by Gasteiger charge is -2.58. The van der Waals surface area contributed by atoms with Crippen molar-refractivity contribution in [2.45, 2.75) is 143 Å². The van der Waals surface area contributed by atoms with Crippen LogP contribution in [-0.4, -0.2) is 26.1 Å². The van der Waals surface area contributed by atoms with E-state index in [1.54, 1.807) is 17.3 Å². The number of hydrogen-bond donors (Lipinski definition) is 0. The zero-order valence-corrected chi connectivity index (χ0v) is 30.0. The minimum atomic E-state index is -0.690. The first-order valence-corrected chi connectivity index (χ1v) is 19.2. The second-order valence-corrected chi connectivity index (χ2v) is 19.2. The molecule has 0 aliphatic heterocycles. The van der Waals surface area contributed by atoms with E-state index in [4.69, 9.17) is 17.0 Å². The number of rotatable bonds is 11. The van der Waals surface area contributed by atoms with Gasteiger partial charge in [-0.1, -0.05) is 96.4 Å². The highest BCUT2D eigenvalue weighted by Gasteiger charge is 2.59. The molecule has 0 N–H and O–H groups in total. The minimum absolute atomic E-state index is 0.0255. The van der Waals surface area contributed by atoms with Gasteiger partial charge in [0.05, 0.1) is 6.07 Å². The Morgan fingerprint density at radius 3 is 2.62 bits per heavy atom. The number of carbonyl (C=O) groups excluding carboxylic acids is 1. The molecule has 4 aliphatic carbocycles. The van der Waals surface area contributed by atoms with Crippen LogP contribution in [0.2, 0.25) is 0 Å². The van der Waals surface area contributed by atoms with Crippen molar-refractivity contribution in [3.8, 4) is 6.07 Å². The van der Waals surface area contributed by atoms with Crippen molar-refractivity contribution in [2.75, 3.05) is 5.75 Å². The van der Waals surface area contributed by atoms with E-state index < -0.39 is 4.75 Å². The first-order valence-electron chi connectivity index (χ1n) is 17.0. The summed E-state index contributed by atoms with van der Waals surface area (Å²) in [6.07, 6.45) is 17.3. The number of thiocarbonyl (C=S) groups is 1. The van der Waals surface area contributed by atoms with Crippen LogP contribution < -0.4 is 0 Å². The van der Waals surface area contributed by atoms with Crippen molar-refractivity contribution < 1.29 is 9.53 Å². The third kappa shape index (κ3) is 7.47. The van der Waals surface area contributed by atoms with Gasteiger partial charge in [-0.25, -0.2) is 0 Å². The Morgan fingerprint density at radius 2 is 1.93 bits per heavy atom. The predicted octanol–water partition coefficient (Wildman–Crippen LogP) is 10.8. The number of fused-ring (bicyclic) bond motifs is 5. The topological polar surface area (TPSA) is 50.1 Å². The lowest BCUT2D eigenvalue weighted by molar-refractivity contribution is -0.151. The van der Waals surface area contributed by atoms with Gasteiger partial charge in [-0.2, -0.15) is 5.26 Å². The fraction of sp³-hybridized carbons (Fsp3) is 0.861. The third-order valence-corrected chi connectivity index (χ3v) is 14.8. The monoisotopic (exact) mass is 631 g/mol. The Balaban J connectivity index is 1.34. The molecule has 0 bridgehead atoms. The highest BCUT2D eigenvalue weighted by atomic mass is 32.2. The van der Waals surface area contributed by atoms with Crippen LogP contribution in [0.25, 0.3) is 0 Å². The van der Waals surface area contributed by atoms with E-state index in [1.807, 2.05) is 6.92 Å². The SMILES string of the molecule is CCSC(=S)SC(C)(C#N)CCC(=O)O[C@H]1CC[C@@]2(C)C(=CC[C@H]3[C@@H]4CC[C@H]([C@H](C)CCCC(C)C)[C@@]4(C)CC[C@@H]32)C1. The molecule has 0 aromatic carbocycles. The number of nitrogens with zero attached hydrogens (tertiary/aromatic N) is 1. The molecule has 6 heteroatoms. The summed E-state index contributed by atoms with van der Waals surface area (Å²) in [6, 6.07) is 2.38. The standard InChI is InChI=1S/C36H57NO2S3/c1-8-41-33(40)42-34(5,23-37)19-18-32(38)39-27-16-20-35(6)26(22-27)12-13-28-30-15-14-29(25(4)11-9-10-24(2)3)36(30,7)21-17-31(28)35/h12,24-25,27-31H,8-11,13-22H2,1-7H3/t25-,27+,28+,29-,30+,31+,34?,35+,36-/m1/s1. The van der Waals surface area contributed by atoms with Crippen molar-refractivity contribution in [2.24, 2.45) is 46.3 Å². The average Bonchev–Trinajstić information content (AvgIpc) is 3.29. The van der Waals surface area contributed by atoms with Gasteiger partial charge in [0, 0.05) is 12.8 Å². The van der Waals surface area contributed by atoms with E-state index in [2.05, 4.69) is 53.7 Å². The minimum Gasteiger partial charge on any atom is -0.462 e. The maximum atomic E-state index is 12.9. The van der Waals surface area contributed by atoms with Gasteiger partial charge in [0.25, 0.3) is 0 Å². The van der Waals surface area contributed by atoms with E-state index in [0.717, 1.165) is 64.1 Å². The molecule has 4 aliphatic rings. The number of carbonyl (C=O) groups is 1. The summed E-state index contributed by atoms with van der Waals surface area (Å²) in [6.45, 7) is 16.4. The molecule has 1 unspecified atom stereocenters. The van der Waals surface area contributed by atoms with Crippen LogP contribution in [0.5, 0.6) is 0 Å². The Kier molecular flexibility index (Phi) is 11.7. The van der Waals surface area contributed by atoms with Gasteiger partial charge in [-0.05, 0) is 110 Å². The van der Waals surface area contributed by atoms with Crippen molar-refractivity contribution in [1.29, 1.82) is 5.26 Å². The van der Waals surface area contributed by atoms with Crippen LogP contribution in [0.1, 0.15) is 132 Å². The molecule has 4 rings (SSSR count). The summed E-state index contributed by atoms with van der Waals surface area (Å²) in [7, 11) is 0. The van der Waals surface area contributed by atoms with Crippen LogP contribution in [0, 0.1) is 57.7 Å². The maximum Gasteiger partial charge on any atom is 0.306 e. The molecule has 0 radical (unpaired) electrons. The Labute approximate surface area is 271 Å². The van der Waals surface area contributed by atoms with E-state index in [1.165, 1.54) is 63.1 Å². The van der Waals surface area contributed by atoms with E-state index in [-0.39, 0.29) is 23.9 Å². The largest absolute Gasteiger partial charge is 0.462 e. The fourth-order valence-electron chi connectivity index (χ4n) is 9.80. The van der Waals surface area contributed by atoms with E-state index >= 15 is 0 Å². The van der Waals surface area contributed by atoms with E-state index in [9.17, 15) is 10.1 Å². The molecule has 0 heterocycles. The van der Waals surface area contributed by atoms with Gasteiger partial charge in [0.1, 0.15) is 14.4 Å². The third-order valence-electron chi connectivity index (χ3n) is 12.2. The highest BCUT2D eigenvalue weighted by Crippen LogP contribution is 2.67. The molecular formula is C36H57NO2S3. The molecule has 3 fully saturated rings. The van der Waals surface area contributed by atoms with Gasteiger partial charge in [0.2, 0.25) is 0 Å². The van der Waals surface area contributed by atoms with Gasteiger partial charge in [0.15, 0.2) is 0 Å². The number of nitriles is 1. The van der Waals surface area contributed by atoms with Crippen LogP contribution in [-0.2, 0) is 9.53 Å². The Bertz CT molecular complexity index is 1050. The number of esters is 1. The maximum absolute atomic E-state index is 12.9. The molecule has 3 saturated carbocycles. The molecule has 0 spiro atoms. The van der Waals surface area contributed by atoms with Crippen LogP contribution in [0.15, 0.2) is 11.6 Å². The van der Waals surface area contributed by atoms with Gasteiger partial charge < -0.3 is 4.74 Å². The quantitative estimate of drug-likeness (QED) is 0.128. The Morgan fingerprint density at radius 1 is 1.17 bits per heavy atom.